The van der Waals surface area contributed by atoms with Gasteiger partial charge in [0.25, 0.3) is 0 Å². The lowest BCUT2D eigenvalue weighted by Crippen LogP contribution is -2.61. The number of rotatable bonds is 3. The number of nitrogens with one attached hydrogen (secondary N) is 3. The molecule has 3 aliphatic rings. The van der Waals surface area contributed by atoms with Gasteiger partial charge in [0.15, 0.2) is 0 Å². The van der Waals surface area contributed by atoms with Gasteiger partial charge in [-0.3, -0.25) is 10.1 Å². The van der Waals surface area contributed by atoms with E-state index in [0.717, 1.165) is 23.1 Å². The average Bonchev–Trinajstić information content (AvgIpc) is 2.94. The second-order valence-electron chi connectivity index (χ2n) is 7.26. The number of amides is 1. The summed E-state index contributed by atoms with van der Waals surface area (Å²) in [5.74, 6) is 1.01. The molecule has 3 fully saturated rings. The molecule has 1 aromatic rings. The summed E-state index contributed by atoms with van der Waals surface area (Å²) in [4.78, 5) is 12.8. The summed E-state index contributed by atoms with van der Waals surface area (Å²) in [6, 6.07) is 8.75. The quantitative estimate of drug-likeness (QED) is 0.692. The van der Waals surface area contributed by atoms with E-state index < -0.39 is 0 Å². The van der Waals surface area contributed by atoms with Crippen LogP contribution in [-0.4, -0.2) is 42.3 Å². The Balaban J connectivity index is 1.59. The first-order valence-corrected chi connectivity index (χ1v) is 10.5. The van der Waals surface area contributed by atoms with E-state index in [9.17, 15) is 4.79 Å². The molecule has 1 amide bonds. The van der Waals surface area contributed by atoms with Crippen LogP contribution in [0.15, 0.2) is 28.7 Å². The van der Waals surface area contributed by atoms with Gasteiger partial charge in [0.05, 0.1) is 5.37 Å². The summed E-state index contributed by atoms with van der Waals surface area (Å²) in [6.07, 6.45) is 0.953. The summed E-state index contributed by atoms with van der Waals surface area (Å²) >= 11 is 5.24. The van der Waals surface area contributed by atoms with Crippen molar-refractivity contribution in [2.45, 2.75) is 42.2 Å². The number of ether oxygens (including phenoxy) is 1. The predicted octanol–water partition coefficient (Wildman–Crippen LogP) is 2.24. The number of carbonyl (C=O) groups excluding carboxylic acids is 1. The molecule has 1 aromatic carbocycles. The molecule has 0 radical (unpaired) electrons. The summed E-state index contributed by atoms with van der Waals surface area (Å²) in [6.45, 7) is 2.97. The molecule has 3 N–H and O–H groups in total. The summed E-state index contributed by atoms with van der Waals surface area (Å²) < 4.78 is 6.54. The van der Waals surface area contributed by atoms with Crippen LogP contribution in [0, 0.1) is 11.8 Å². The third-order valence-electron chi connectivity index (χ3n) is 5.52. The van der Waals surface area contributed by atoms with Gasteiger partial charge in [-0.15, -0.1) is 11.8 Å². The van der Waals surface area contributed by atoms with Gasteiger partial charge in [-0.2, -0.15) is 0 Å². The zero-order chi connectivity index (χ0) is 17.6. The molecule has 5 nitrogen and oxygen atoms in total. The van der Waals surface area contributed by atoms with Crippen molar-refractivity contribution in [1.82, 2.24) is 16.0 Å². The Kier molecular flexibility index (Phi) is 5.12. The number of hydrogen-bond acceptors (Lipinski definition) is 5. The summed E-state index contributed by atoms with van der Waals surface area (Å²) in [7, 11) is 1.77. The Labute approximate surface area is 161 Å². The van der Waals surface area contributed by atoms with Crippen molar-refractivity contribution in [1.29, 1.82) is 0 Å². The highest BCUT2D eigenvalue weighted by atomic mass is 79.9. The number of methoxy groups -OCH3 is 1. The van der Waals surface area contributed by atoms with Gasteiger partial charge in [0, 0.05) is 36.2 Å². The van der Waals surface area contributed by atoms with Crippen LogP contribution >= 0.6 is 27.7 Å². The maximum Gasteiger partial charge on any atom is 0.236 e. The highest BCUT2D eigenvalue weighted by Crippen LogP contribution is 2.47. The first kappa shape index (κ1) is 17.8. The molecule has 3 saturated heterocycles. The first-order valence-electron chi connectivity index (χ1n) is 8.79. The number of halogens is 1. The maximum atomic E-state index is 12.8. The molecule has 25 heavy (non-hydrogen) atoms. The molecule has 0 saturated carbocycles. The highest BCUT2D eigenvalue weighted by Gasteiger charge is 2.54. The van der Waals surface area contributed by atoms with E-state index in [2.05, 4.69) is 50.9 Å². The molecular formula is C18H24BrN3O2S. The molecule has 3 heterocycles. The molecule has 136 valence electrons. The lowest BCUT2D eigenvalue weighted by molar-refractivity contribution is -0.124. The number of hydrogen-bond donors (Lipinski definition) is 3. The Morgan fingerprint density at radius 1 is 1.28 bits per heavy atom. The lowest BCUT2D eigenvalue weighted by atomic mass is 9.77. The number of thioether (sulfide) groups is 1. The standard InChI is InChI=1S/C18H24BrN3O2S/c1-9-7-11(8-24-2)13-14-15(25-18(13)20-9)17(23)22-16(21-14)10-3-5-12(19)6-4-10/h3-6,9,11,13-16,18,20-21H,7-8H2,1-2H3,(H,22,23). The fourth-order valence-corrected chi connectivity index (χ4v) is 6.57. The number of benzene rings is 1. The van der Waals surface area contributed by atoms with E-state index in [-0.39, 0.29) is 23.4 Å². The molecule has 7 unspecified atom stereocenters. The zero-order valence-corrected chi connectivity index (χ0v) is 16.8. The molecule has 7 heteroatoms. The van der Waals surface area contributed by atoms with Crippen molar-refractivity contribution in [3.8, 4) is 0 Å². The van der Waals surface area contributed by atoms with Crippen LogP contribution in [0.25, 0.3) is 0 Å². The molecule has 0 aromatic heterocycles. The van der Waals surface area contributed by atoms with Crippen molar-refractivity contribution in [3.63, 3.8) is 0 Å². The van der Waals surface area contributed by atoms with Crippen molar-refractivity contribution >= 4 is 33.6 Å². The Morgan fingerprint density at radius 3 is 2.76 bits per heavy atom. The molecular weight excluding hydrogens is 402 g/mol. The normalized spacial score (nSPS) is 40.3. The van der Waals surface area contributed by atoms with Gasteiger partial charge in [-0.25, -0.2) is 0 Å². The van der Waals surface area contributed by atoms with E-state index in [1.807, 2.05) is 12.1 Å². The topological polar surface area (TPSA) is 62.4 Å². The lowest BCUT2D eigenvalue weighted by Gasteiger charge is -2.42. The minimum absolute atomic E-state index is 0.0427. The van der Waals surface area contributed by atoms with E-state index in [1.165, 1.54) is 0 Å². The van der Waals surface area contributed by atoms with Crippen LogP contribution in [0.1, 0.15) is 25.1 Å². The van der Waals surface area contributed by atoms with E-state index in [1.54, 1.807) is 18.9 Å². The van der Waals surface area contributed by atoms with Crippen LogP contribution in [0.2, 0.25) is 0 Å². The monoisotopic (exact) mass is 425 g/mol. The molecule has 7 atom stereocenters. The number of fused-ring (bicyclic) bond motifs is 3. The molecule has 0 bridgehead atoms. The SMILES string of the molecule is COCC1CC(C)NC2SC3C(=O)NC(c4ccc(Br)cc4)NC3C12. The molecule has 0 spiro atoms. The van der Waals surface area contributed by atoms with Crippen molar-refractivity contribution in [2.24, 2.45) is 11.8 Å². The molecule has 4 rings (SSSR count). The van der Waals surface area contributed by atoms with Gasteiger partial charge < -0.3 is 15.4 Å². The summed E-state index contributed by atoms with van der Waals surface area (Å²) in [5.41, 5.74) is 1.09. The van der Waals surface area contributed by atoms with Gasteiger partial charge in [0.2, 0.25) is 5.91 Å². The minimum Gasteiger partial charge on any atom is -0.384 e. The first-order chi connectivity index (χ1) is 12.1. The zero-order valence-electron chi connectivity index (χ0n) is 14.4. The maximum absolute atomic E-state index is 12.8. The predicted molar refractivity (Wildman–Crippen MR) is 103 cm³/mol. The number of carbonyl (C=O) groups is 1. The van der Waals surface area contributed by atoms with Gasteiger partial charge in [-0.1, -0.05) is 28.1 Å². The van der Waals surface area contributed by atoms with Crippen molar-refractivity contribution in [2.75, 3.05) is 13.7 Å². The molecule has 0 aliphatic carbocycles. The highest BCUT2D eigenvalue weighted by molar-refractivity contribution is 9.10. The third kappa shape index (κ3) is 3.37. The van der Waals surface area contributed by atoms with Gasteiger partial charge in [0.1, 0.15) is 11.4 Å². The van der Waals surface area contributed by atoms with E-state index in [4.69, 9.17) is 4.74 Å². The largest absolute Gasteiger partial charge is 0.384 e. The van der Waals surface area contributed by atoms with Crippen molar-refractivity contribution < 1.29 is 9.53 Å². The second-order valence-corrected chi connectivity index (χ2v) is 9.46. The second kappa shape index (κ2) is 7.19. The van der Waals surface area contributed by atoms with Crippen molar-refractivity contribution in [3.05, 3.63) is 34.3 Å². The Bertz CT molecular complexity index is 644. The average molecular weight is 426 g/mol. The fourth-order valence-electron chi connectivity index (χ4n) is 4.48. The van der Waals surface area contributed by atoms with Gasteiger partial charge in [-0.05, 0) is 37.0 Å². The smallest absolute Gasteiger partial charge is 0.236 e. The van der Waals surface area contributed by atoms with E-state index in [0.29, 0.717) is 23.3 Å². The van der Waals surface area contributed by atoms with Crippen LogP contribution in [-0.2, 0) is 9.53 Å². The minimum atomic E-state index is -0.135. The number of piperidine rings is 1. The van der Waals surface area contributed by atoms with Gasteiger partial charge >= 0.3 is 0 Å². The van der Waals surface area contributed by atoms with E-state index >= 15 is 0 Å². The van der Waals surface area contributed by atoms with Crippen LogP contribution in [0.3, 0.4) is 0 Å². The third-order valence-corrected chi connectivity index (χ3v) is 7.59. The Hall–Kier alpha value is -0.600. The van der Waals surface area contributed by atoms with Crippen LogP contribution in [0.5, 0.6) is 0 Å². The molecule has 3 aliphatic heterocycles. The van der Waals surface area contributed by atoms with Crippen LogP contribution in [0.4, 0.5) is 0 Å². The fraction of sp³-hybridized carbons (Fsp3) is 0.611. The Morgan fingerprint density at radius 2 is 2.04 bits per heavy atom. The summed E-state index contributed by atoms with van der Waals surface area (Å²) in [5, 5.41) is 10.8. The van der Waals surface area contributed by atoms with Crippen LogP contribution < -0.4 is 16.0 Å².